The first-order valence-corrected chi connectivity index (χ1v) is 11.4. The second kappa shape index (κ2) is 7.86. The zero-order valence-corrected chi connectivity index (χ0v) is 17.6. The largest absolute Gasteiger partial charge is 0.385 e. The number of fused-ring (bicyclic) bond motifs is 1. The highest BCUT2D eigenvalue weighted by Gasteiger charge is 2.52. The van der Waals surface area contributed by atoms with E-state index in [0.717, 1.165) is 44.6 Å². The van der Waals surface area contributed by atoms with E-state index in [2.05, 4.69) is 71.3 Å². The Morgan fingerprint density at radius 3 is 2.41 bits per heavy atom. The Bertz CT molecular complexity index is 820. The van der Waals surface area contributed by atoms with Crippen LogP contribution in [0.25, 0.3) is 0 Å². The summed E-state index contributed by atoms with van der Waals surface area (Å²) in [6.45, 7) is 7.71. The van der Waals surface area contributed by atoms with Crippen LogP contribution in [0.1, 0.15) is 49.3 Å². The highest BCUT2D eigenvalue weighted by molar-refractivity contribution is 5.30. The maximum absolute atomic E-state index is 11.7. The molecule has 0 amide bonds. The maximum atomic E-state index is 11.7. The molecule has 3 aliphatic rings. The van der Waals surface area contributed by atoms with Gasteiger partial charge in [-0.15, -0.1) is 0 Å². The van der Waals surface area contributed by atoms with Gasteiger partial charge in [0.05, 0.1) is 5.60 Å². The first-order valence-electron chi connectivity index (χ1n) is 11.4. The molecule has 2 aromatic rings. The molecule has 1 saturated carbocycles. The van der Waals surface area contributed by atoms with E-state index in [1.165, 1.54) is 30.5 Å². The van der Waals surface area contributed by atoms with Crippen molar-refractivity contribution < 1.29 is 5.11 Å². The molecule has 2 heterocycles. The lowest BCUT2D eigenvalue weighted by Gasteiger charge is -2.31. The zero-order chi connectivity index (χ0) is 19.8. The Labute approximate surface area is 175 Å². The van der Waals surface area contributed by atoms with Gasteiger partial charge in [-0.05, 0) is 61.8 Å². The summed E-state index contributed by atoms with van der Waals surface area (Å²) in [5.41, 5.74) is 3.22. The number of nitrogens with zero attached hydrogens (tertiary/aromatic N) is 2. The third-order valence-electron chi connectivity index (χ3n) is 7.81. The summed E-state index contributed by atoms with van der Waals surface area (Å²) < 4.78 is 0. The predicted octanol–water partition coefficient (Wildman–Crippen LogP) is 4.40. The molecule has 0 aromatic heterocycles. The fourth-order valence-corrected chi connectivity index (χ4v) is 6.07. The van der Waals surface area contributed by atoms with Crippen molar-refractivity contribution in [1.29, 1.82) is 0 Å². The van der Waals surface area contributed by atoms with E-state index in [1.807, 2.05) is 0 Å². The van der Waals surface area contributed by atoms with E-state index < -0.39 is 5.60 Å². The molecular formula is C26H34N2O. The van der Waals surface area contributed by atoms with Gasteiger partial charge in [-0.3, -0.25) is 9.80 Å². The Morgan fingerprint density at radius 2 is 1.69 bits per heavy atom. The highest BCUT2D eigenvalue weighted by atomic mass is 16.3. The van der Waals surface area contributed by atoms with Crippen LogP contribution in [0.3, 0.4) is 0 Å². The van der Waals surface area contributed by atoms with Crippen LogP contribution in [-0.2, 0) is 18.7 Å². The molecule has 2 aliphatic heterocycles. The van der Waals surface area contributed by atoms with Gasteiger partial charge in [0.25, 0.3) is 0 Å². The molecule has 2 aromatic carbocycles. The van der Waals surface area contributed by atoms with Crippen molar-refractivity contribution in [3.63, 3.8) is 0 Å². The Kier molecular flexibility index (Phi) is 5.23. The average Bonchev–Trinajstić information content (AvgIpc) is 3.41. The van der Waals surface area contributed by atoms with Crippen molar-refractivity contribution in [2.24, 2.45) is 11.8 Å². The summed E-state index contributed by atoms with van der Waals surface area (Å²) in [6.07, 6.45) is 4.69. The van der Waals surface area contributed by atoms with Crippen molar-refractivity contribution in [2.45, 2.75) is 57.3 Å². The second-order valence-corrected chi connectivity index (χ2v) is 9.67. The predicted molar refractivity (Wildman–Crippen MR) is 117 cm³/mol. The van der Waals surface area contributed by atoms with Crippen LogP contribution in [-0.4, -0.2) is 40.6 Å². The van der Waals surface area contributed by atoms with E-state index in [4.69, 9.17) is 0 Å². The lowest BCUT2D eigenvalue weighted by atomic mass is 9.82. The van der Waals surface area contributed by atoms with Crippen LogP contribution >= 0.6 is 0 Å². The standard InChI is InChI=1S/C26H34N2O/c1-20-6-5-15-28(20)17-22-9-11-24(12-10-22)26(29)14-13-23-18-27(19-25(23)26)16-21-7-3-2-4-8-21/h2-4,7-12,20,23,25,29H,5-6,13-19H2,1H3/t20-,23-,25?,26?/m1/s1. The lowest BCUT2D eigenvalue weighted by Crippen LogP contribution is -2.34. The van der Waals surface area contributed by atoms with Gasteiger partial charge >= 0.3 is 0 Å². The third-order valence-corrected chi connectivity index (χ3v) is 7.81. The van der Waals surface area contributed by atoms with Crippen LogP contribution in [0.15, 0.2) is 54.6 Å². The first-order chi connectivity index (χ1) is 14.1. The normalized spacial score (nSPS) is 32.7. The molecule has 1 N–H and O–H groups in total. The van der Waals surface area contributed by atoms with E-state index >= 15 is 0 Å². The van der Waals surface area contributed by atoms with Gasteiger partial charge < -0.3 is 5.11 Å². The smallest absolute Gasteiger partial charge is 0.0940 e. The van der Waals surface area contributed by atoms with Gasteiger partial charge in [0, 0.05) is 38.1 Å². The third kappa shape index (κ3) is 3.76. The molecule has 0 radical (unpaired) electrons. The average molecular weight is 391 g/mol. The Balaban J connectivity index is 1.27. The van der Waals surface area contributed by atoms with Gasteiger partial charge in [-0.2, -0.15) is 0 Å². The van der Waals surface area contributed by atoms with Crippen molar-refractivity contribution in [3.05, 3.63) is 71.3 Å². The number of aliphatic hydroxyl groups is 1. The number of benzene rings is 2. The zero-order valence-electron chi connectivity index (χ0n) is 17.6. The molecule has 29 heavy (non-hydrogen) atoms. The van der Waals surface area contributed by atoms with Crippen LogP contribution in [0.4, 0.5) is 0 Å². The molecule has 5 rings (SSSR count). The molecule has 0 bridgehead atoms. The minimum absolute atomic E-state index is 0.357. The molecule has 3 nitrogen and oxygen atoms in total. The highest BCUT2D eigenvalue weighted by Crippen LogP contribution is 2.50. The molecule has 154 valence electrons. The van der Waals surface area contributed by atoms with Crippen LogP contribution in [0.2, 0.25) is 0 Å². The van der Waals surface area contributed by atoms with Crippen LogP contribution < -0.4 is 0 Å². The summed E-state index contributed by atoms with van der Waals surface area (Å²) in [5.74, 6) is 0.976. The minimum atomic E-state index is -0.657. The first kappa shape index (κ1) is 19.3. The quantitative estimate of drug-likeness (QED) is 0.820. The number of likely N-dealkylation sites (tertiary alicyclic amines) is 2. The molecule has 1 aliphatic carbocycles. The molecular weight excluding hydrogens is 356 g/mol. The van der Waals surface area contributed by atoms with Gasteiger partial charge in [-0.25, -0.2) is 0 Å². The fourth-order valence-electron chi connectivity index (χ4n) is 6.07. The van der Waals surface area contributed by atoms with E-state index in [1.54, 1.807) is 0 Å². The summed E-state index contributed by atoms with van der Waals surface area (Å²) in [6, 6.07) is 20.3. The molecule has 2 unspecified atom stereocenters. The van der Waals surface area contributed by atoms with Crippen LogP contribution in [0.5, 0.6) is 0 Å². The Morgan fingerprint density at radius 1 is 0.931 bits per heavy atom. The Hall–Kier alpha value is -1.68. The van der Waals surface area contributed by atoms with Crippen LogP contribution in [0, 0.1) is 11.8 Å². The topological polar surface area (TPSA) is 26.7 Å². The van der Waals surface area contributed by atoms with Gasteiger partial charge in [0.2, 0.25) is 0 Å². The van der Waals surface area contributed by atoms with Crippen molar-refractivity contribution >= 4 is 0 Å². The summed E-state index contributed by atoms with van der Waals surface area (Å²) >= 11 is 0. The van der Waals surface area contributed by atoms with Gasteiger partial charge in [0.15, 0.2) is 0 Å². The fraction of sp³-hybridized carbons (Fsp3) is 0.538. The summed E-state index contributed by atoms with van der Waals surface area (Å²) in [5, 5.41) is 11.7. The second-order valence-electron chi connectivity index (χ2n) is 9.67. The molecule has 0 spiro atoms. The maximum Gasteiger partial charge on any atom is 0.0940 e. The molecule has 3 heteroatoms. The number of hydrogen-bond donors (Lipinski definition) is 1. The lowest BCUT2D eigenvalue weighted by molar-refractivity contribution is -0.00685. The minimum Gasteiger partial charge on any atom is -0.385 e. The molecule has 4 atom stereocenters. The summed E-state index contributed by atoms with van der Waals surface area (Å²) in [4.78, 5) is 5.12. The molecule has 2 saturated heterocycles. The van der Waals surface area contributed by atoms with E-state index in [-0.39, 0.29) is 0 Å². The van der Waals surface area contributed by atoms with Gasteiger partial charge in [0.1, 0.15) is 0 Å². The number of hydrogen-bond acceptors (Lipinski definition) is 3. The van der Waals surface area contributed by atoms with E-state index in [9.17, 15) is 5.11 Å². The van der Waals surface area contributed by atoms with Crippen molar-refractivity contribution in [1.82, 2.24) is 9.80 Å². The van der Waals surface area contributed by atoms with E-state index in [0.29, 0.717) is 17.9 Å². The van der Waals surface area contributed by atoms with Crippen molar-refractivity contribution in [3.8, 4) is 0 Å². The SMILES string of the molecule is C[C@@H]1CCCN1Cc1ccc(C2(O)CC[C@@H]3CN(Cc4ccccc4)CC32)cc1. The number of rotatable bonds is 5. The monoisotopic (exact) mass is 390 g/mol. The van der Waals surface area contributed by atoms with Crippen molar-refractivity contribution in [2.75, 3.05) is 19.6 Å². The molecule has 3 fully saturated rings. The summed E-state index contributed by atoms with van der Waals surface area (Å²) in [7, 11) is 0. The van der Waals surface area contributed by atoms with Gasteiger partial charge in [-0.1, -0.05) is 54.6 Å².